The molecule has 3 heterocycles. The number of aromatic nitrogens is 1. The highest BCUT2D eigenvalue weighted by atomic mass is 16.7. The lowest BCUT2D eigenvalue weighted by atomic mass is 9.84. The summed E-state index contributed by atoms with van der Waals surface area (Å²) in [5, 5.41) is 12.4. The van der Waals surface area contributed by atoms with Gasteiger partial charge in [0.15, 0.2) is 0 Å². The van der Waals surface area contributed by atoms with Gasteiger partial charge >= 0.3 is 13.2 Å². The van der Waals surface area contributed by atoms with Gasteiger partial charge in [-0.3, -0.25) is 4.79 Å². The molecule has 0 radical (unpaired) electrons. The van der Waals surface area contributed by atoms with Crippen molar-refractivity contribution < 1.29 is 28.7 Å². The third-order valence-electron chi connectivity index (χ3n) is 5.81. The fraction of sp³-hybridized carbons (Fsp3) is 0.632. The third-order valence-corrected chi connectivity index (χ3v) is 5.81. The molecule has 158 valence electrons. The number of carbonyl (C=O) groups excluding carboxylic acids is 1. The van der Waals surface area contributed by atoms with Crippen molar-refractivity contribution in [2.75, 3.05) is 13.7 Å². The van der Waals surface area contributed by atoms with Gasteiger partial charge in [-0.1, -0.05) is 6.07 Å². The largest absolute Gasteiger partial charge is 0.514 e. The molecule has 1 aromatic heterocycles. The van der Waals surface area contributed by atoms with Gasteiger partial charge < -0.3 is 29.4 Å². The van der Waals surface area contributed by atoms with Gasteiger partial charge in [-0.2, -0.15) is 0 Å². The van der Waals surface area contributed by atoms with Gasteiger partial charge in [0.1, 0.15) is 0 Å². The molecule has 29 heavy (non-hydrogen) atoms. The Hall–Kier alpha value is -2.33. The number of nitrogens with zero attached hydrogens (tertiary/aromatic N) is 2. The van der Waals surface area contributed by atoms with Crippen LogP contribution in [-0.2, 0) is 20.6 Å². The van der Waals surface area contributed by atoms with Crippen LogP contribution < -0.4 is 15.6 Å². The smallest absolute Gasteiger partial charge is 0.481 e. The molecule has 0 unspecified atom stereocenters. The normalized spacial score (nSPS) is 22.4. The lowest BCUT2D eigenvalue weighted by Gasteiger charge is -2.32. The Morgan fingerprint density at radius 2 is 2.00 bits per heavy atom. The van der Waals surface area contributed by atoms with Crippen molar-refractivity contribution in [3.8, 4) is 5.88 Å². The molecule has 2 amide bonds. The highest BCUT2D eigenvalue weighted by Crippen LogP contribution is 2.36. The van der Waals surface area contributed by atoms with E-state index in [2.05, 4.69) is 10.3 Å². The number of ether oxygens (including phenoxy) is 1. The van der Waals surface area contributed by atoms with E-state index in [4.69, 9.17) is 14.0 Å². The first-order valence-corrected chi connectivity index (χ1v) is 9.69. The van der Waals surface area contributed by atoms with E-state index in [1.54, 1.807) is 12.1 Å². The Morgan fingerprint density at radius 3 is 2.52 bits per heavy atom. The van der Waals surface area contributed by atoms with E-state index in [0.29, 0.717) is 29.9 Å². The zero-order valence-corrected chi connectivity index (χ0v) is 17.5. The van der Waals surface area contributed by atoms with Crippen LogP contribution in [0.15, 0.2) is 12.1 Å². The minimum absolute atomic E-state index is 0.0497. The lowest BCUT2D eigenvalue weighted by Crippen LogP contribution is -2.41. The number of nitrogens with one attached hydrogen (secondary N) is 1. The average molecular weight is 405 g/mol. The van der Waals surface area contributed by atoms with Crippen molar-refractivity contribution in [1.82, 2.24) is 15.2 Å². The lowest BCUT2D eigenvalue weighted by molar-refractivity contribution is -0.119. The molecule has 2 aliphatic rings. The van der Waals surface area contributed by atoms with Crippen molar-refractivity contribution >= 4 is 24.7 Å². The molecule has 2 aliphatic heterocycles. The minimum Gasteiger partial charge on any atom is -0.481 e. The molecule has 3 rings (SSSR count). The predicted molar refractivity (Wildman–Crippen MR) is 106 cm³/mol. The van der Waals surface area contributed by atoms with Crippen LogP contribution in [0.5, 0.6) is 5.88 Å². The van der Waals surface area contributed by atoms with Crippen LogP contribution >= 0.6 is 0 Å². The quantitative estimate of drug-likeness (QED) is 0.683. The highest BCUT2D eigenvalue weighted by molar-refractivity contribution is 6.61. The van der Waals surface area contributed by atoms with Gasteiger partial charge in [0, 0.05) is 24.6 Å². The van der Waals surface area contributed by atoms with Crippen molar-refractivity contribution in [2.24, 2.45) is 0 Å². The summed E-state index contributed by atoms with van der Waals surface area (Å²) in [6, 6.07) is 3.36. The Labute approximate surface area is 170 Å². The van der Waals surface area contributed by atoms with Gasteiger partial charge in [-0.25, -0.2) is 9.78 Å². The number of rotatable bonds is 6. The number of hydrogen-bond donors (Lipinski definition) is 2. The number of carbonyl (C=O) groups is 2. The van der Waals surface area contributed by atoms with E-state index in [-0.39, 0.29) is 25.0 Å². The van der Waals surface area contributed by atoms with Crippen LogP contribution in [0.1, 0.15) is 46.1 Å². The van der Waals surface area contributed by atoms with E-state index >= 15 is 0 Å². The molecule has 1 atom stereocenters. The SMILES string of the molecule is COc1nc(B2OC(C)(C)C(C)(C)O2)ccc1CN(C[C@@H]1CCC(=O)N1)C(=O)O. The molecule has 2 fully saturated rings. The molecule has 0 aliphatic carbocycles. The maximum absolute atomic E-state index is 11.7. The van der Waals surface area contributed by atoms with Crippen molar-refractivity contribution in [3.05, 3.63) is 17.7 Å². The predicted octanol–water partition coefficient (Wildman–Crippen LogP) is 1.15. The Balaban J connectivity index is 1.76. The minimum atomic E-state index is -1.07. The molecule has 2 saturated heterocycles. The number of methoxy groups -OCH3 is 1. The van der Waals surface area contributed by atoms with E-state index in [1.165, 1.54) is 12.0 Å². The number of hydrogen-bond acceptors (Lipinski definition) is 6. The van der Waals surface area contributed by atoms with Crippen LogP contribution in [-0.4, -0.2) is 65.0 Å². The van der Waals surface area contributed by atoms with Crippen LogP contribution in [0.4, 0.5) is 4.79 Å². The molecule has 0 spiro atoms. The summed E-state index contributed by atoms with van der Waals surface area (Å²) in [5.74, 6) is 0.269. The maximum atomic E-state index is 11.7. The fourth-order valence-electron chi connectivity index (χ4n) is 3.37. The maximum Gasteiger partial charge on any atom is 0.514 e. The zero-order valence-electron chi connectivity index (χ0n) is 17.5. The number of pyridine rings is 1. The van der Waals surface area contributed by atoms with E-state index in [0.717, 1.165) is 0 Å². The van der Waals surface area contributed by atoms with Gasteiger partial charge in [0.2, 0.25) is 11.8 Å². The molecule has 2 N–H and O–H groups in total. The second kappa shape index (κ2) is 7.83. The molecule has 0 bridgehead atoms. The van der Waals surface area contributed by atoms with Gasteiger partial charge in [-0.05, 0) is 40.2 Å². The molecule has 1 aromatic rings. The monoisotopic (exact) mass is 405 g/mol. The summed E-state index contributed by atoms with van der Waals surface area (Å²) in [5.41, 5.74) is 0.211. The first-order valence-electron chi connectivity index (χ1n) is 9.69. The van der Waals surface area contributed by atoms with Crippen LogP contribution in [0.25, 0.3) is 0 Å². The van der Waals surface area contributed by atoms with E-state index in [1.807, 2.05) is 27.7 Å². The van der Waals surface area contributed by atoms with Crippen molar-refractivity contribution in [2.45, 2.75) is 64.3 Å². The van der Waals surface area contributed by atoms with Crippen LogP contribution in [0.2, 0.25) is 0 Å². The van der Waals surface area contributed by atoms with Crippen LogP contribution in [0.3, 0.4) is 0 Å². The average Bonchev–Trinajstić information content (AvgIpc) is 3.13. The Morgan fingerprint density at radius 1 is 1.34 bits per heavy atom. The molecule has 9 nitrogen and oxygen atoms in total. The molecular weight excluding hydrogens is 377 g/mol. The fourth-order valence-corrected chi connectivity index (χ4v) is 3.37. The Kier molecular flexibility index (Phi) is 5.78. The summed E-state index contributed by atoms with van der Waals surface area (Å²) in [7, 11) is 0.856. The summed E-state index contributed by atoms with van der Waals surface area (Å²) in [6.07, 6.45) is -0.0202. The van der Waals surface area contributed by atoms with Gasteiger partial charge in [0.25, 0.3) is 0 Å². The summed E-state index contributed by atoms with van der Waals surface area (Å²) in [4.78, 5) is 28.8. The molecule has 0 saturated carbocycles. The second-order valence-corrected chi connectivity index (χ2v) is 8.46. The first-order chi connectivity index (χ1) is 13.5. The summed E-state index contributed by atoms with van der Waals surface area (Å²) in [6.45, 7) is 8.16. The molecule has 10 heteroatoms. The summed E-state index contributed by atoms with van der Waals surface area (Å²) >= 11 is 0. The highest BCUT2D eigenvalue weighted by Gasteiger charge is 2.52. The number of carboxylic acid groups (broad SMARTS) is 1. The first kappa shape index (κ1) is 21.4. The second-order valence-electron chi connectivity index (χ2n) is 8.46. The van der Waals surface area contributed by atoms with Crippen molar-refractivity contribution in [3.63, 3.8) is 0 Å². The van der Waals surface area contributed by atoms with Crippen molar-refractivity contribution in [1.29, 1.82) is 0 Å². The molecular formula is C19H28BN3O6. The summed E-state index contributed by atoms with van der Waals surface area (Å²) < 4.78 is 17.5. The third kappa shape index (κ3) is 4.48. The Bertz CT molecular complexity index is 784. The topological polar surface area (TPSA) is 110 Å². The van der Waals surface area contributed by atoms with Gasteiger partial charge in [-0.15, -0.1) is 0 Å². The standard InChI is InChI=1S/C19H28BN3O6/c1-18(2)19(3,4)29-20(28-18)14-8-6-12(16(22-14)27-5)10-23(17(25)26)11-13-7-9-15(24)21-13/h6,8,13H,7,9-11H2,1-5H3,(H,21,24)(H,25,26)/t13-/m0/s1. The van der Waals surface area contributed by atoms with E-state index < -0.39 is 24.4 Å². The van der Waals surface area contributed by atoms with Gasteiger partial charge in [0.05, 0.1) is 30.4 Å². The zero-order chi connectivity index (χ0) is 21.4. The number of amides is 2. The van der Waals surface area contributed by atoms with Crippen LogP contribution in [0, 0.1) is 0 Å². The van der Waals surface area contributed by atoms with E-state index in [9.17, 15) is 14.7 Å². The molecule has 0 aromatic carbocycles.